The van der Waals surface area contributed by atoms with Crippen molar-refractivity contribution in [3.8, 4) is 5.69 Å². The quantitative estimate of drug-likeness (QED) is 0.491. The smallest absolute Gasteiger partial charge is 0.382 e. The molecule has 0 atom stereocenters. The van der Waals surface area contributed by atoms with Gasteiger partial charge >= 0.3 is 6.18 Å². The third-order valence-corrected chi connectivity index (χ3v) is 5.16. The topological polar surface area (TPSA) is 117 Å². The van der Waals surface area contributed by atoms with Crippen LogP contribution in [0.1, 0.15) is 30.1 Å². The summed E-state index contributed by atoms with van der Waals surface area (Å²) < 4.78 is 42.2. The van der Waals surface area contributed by atoms with Gasteiger partial charge in [-0.25, -0.2) is 19.6 Å². The summed E-state index contributed by atoms with van der Waals surface area (Å²) in [6.45, 7) is -0.0470. The van der Waals surface area contributed by atoms with Crippen LogP contribution in [-0.2, 0) is 17.5 Å². The highest BCUT2D eigenvalue weighted by molar-refractivity contribution is 5.92. The zero-order valence-corrected chi connectivity index (χ0v) is 16.5. The van der Waals surface area contributed by atoms with Crippen molar-refractivity contribution in [2.24, 2.45) is 0 Å². The Hall–Kier alpha value is -3.96. The number of anilines is 2. The van der Waals surface area contributed by atoms with Crippen LogP contribution in [0, 0.1) is 0 Å². The van der Waals surface area contributed by atoms with Crippen molar-refractivity contribution in [2.75, 3.05) is 11.1 Å². The van der Waals surface area contributed by atoms with Crippen molar-refractivity contribution in [1.82, 2.24) is 29.3 Å². The maximum absolute atomic E-state index is 13.1. The molecule has 9 nitrogen and oxygen atoms in total. The van der Waals surface area contributed by atoms with Gasteiger partial charge in [-0.1, -0.05) is 0 Å². The van der Waals surface area contributed by atoms with Gasteiger partial charge in [0.2, 0.25) is 5.91 Å². The minimum Gasteiger partial charge on any atom is -0.382 e. The molecule has 164 valence electrons. The van der Waals surface area contributed by atoms with E-state index in [0.29, 0.717) is 28.2 Å². The molecule has 5 rings (SSSR count). The third-order valence-electron chi connectivity index (χ3n) is 5.16. The maximum atomic E-state index is 13.1. The molecule has 1 fully saturated rings. The van der Waals surface area contributed by atoms with E-state index >= 15 is 0 Å². The number of imidazole rings is 1. The Kier molecular flexibility index (Phi) is 4.57. The monoisotopic (exact) mass is 442 g/mol. The molecule has 3 N–H and O–H groups in total. The predicted molar refractivity (Wildman–Crippen MR) is 109 cm³/mol. The second kappa shape index (κ2) is 7.32. The lowest BCUT2D eigenvalue weighted by Crippen LogP contribution is -2.18. The van der Waals surface area contributed by atoms with E-state index in [0.717, 1.165) is 18.9 Å². The number of nitrogens with two attached hydrogens (primary N) is 1. The average Bonchev–Trinajstić information content (AvgIpc) is 3.35. The third kappa shape index (κ3) is 3.74. The molecule has 0 aliphatic heterocycles. The van der Waals surface area contributed by atoms with Gasteiger partial charge in [0.05, 0.1) is 12.0 Å². The molecule has 0 saturated heterocycles. The molecular weight excluding hydrogens is 425 g/mol. The molecule has 12 heteroatoms. The van der Waals surface area contributed by atoms with E-state index in [1.54, 1.807) is 28.8 Å². The van der Waals surface area contributed by atoms with Crippen molar-refractivity contribution < 1.29 is 18.0 Å². The largest absolute Gasteiger partial charge is 0.435 e. The first-order valence-electron chi connectivity index (χ1n) is 9.78. The van der Waals surface area contributed by atoms with Crippen molar-refractivity contribution in [3.05, 3.63) is 54.4 Å². The number of carbonyl (C=O) groups excluding carboxylic acids is 1. The molecule has 0 bridgehead atoms. The molecule has 3 heterocycles. The highest BCUT2D eigenvalue weighted by atomic mass is 19.4. The van der Waals surface area contributed by atoms with Gasteiger partial charge in [-0.3, -0.25) is 4.79 Å². The highest BCUT2D eigenvalue weighted by Crippen LogP contribution is 2.43. The lowest BCUT2D eigenvalue weighted by Gasteiger charge is -2.10. The van der Waals surface area contributed by atoms with E-state index in [1.165, 1.54) is 17.3 Å². The van der Waals surface area contributed by atoms with Gasteiger partial charge in [0.1, 0.15) is 18.4 Å². The summed E-state index contributed by atoms with van der Waals surface area (Å²) in [7, 11) is 0. The number of carbonyl (C=O) groups is 1. The van der Waals surface area contributed by atoms with Gasteiger partial charge in [-0.05, 0) is 43.2 Å². The summed E-state index contributed by atoms with van der Waals surface area (Å²) in [6, 6.07) is 7.58. The van der Waals surface area contributed by atoms with Crippen LogP contribution in [0.2, 0.25) is 0 Å². The van der Waals surface area contributed by atoms with Gasteiger partial charge < -0.3 is 15.6 Å². The van der Waals surface area contributed by atoms with Gasteiger partial charge in [0, 0.05) is 17.3 Å². The van der Waals surface area contributed by atoms with Crippen molar-refractivity contribution in [3.63, 3.8) is 0 Å². The number of hydrogen-bond donors (Lipinski definition) is 2. The lowest BCUT2D eigenvalue weighted by atomic mass is 10.2. The van der Waals surface area contributed by atoms with Crippen LogP contribution in [0.4, 0.5) is 24.7 Å². The average molecular weight is 442 g/mol. The van der Waals surface area contributed by atoms with Gasteiger partial charge in [0.15, 0.2) is 17.2 Å². The van der Waals surface area contributed by atoms with Crippen molar-refractivity contribution >= 4 is 28.6 Å². The molecule has 1 saturated carbocycles. The minimum absolute atomic E-state index is 0.0470. The van der Waals surface area contributed by atoms with E-state index in [-0.39, 0.29) is 24.2 Å². The summed E-state index contributed by atoms with van der Waals surface area (Å²) in [5.74, 6) is -0.0187. The normalized spacial score (nSPS) is 14.1. The van der Waals surface area contributed by atoms with Crippen LogP contribution in [0.3, 0.4) is 0 Å². The van der Waals surface area contributed by atoms with Crippen LogP contribution in [0.25, 0.3) is 16.9 Å². The summed E-state index contributed by atoms with van der Waals surface area (Å²) in [6.07, 6.45) is -0.0707. The number of aromatic nitrogens is 6. The molecule has 0 unspecified atom stereocenters. The first kappa shape index (κ1) is 20.0. The van der Waals surface area contributed by atoms with Gasteiger partial charge in [-0.2, -0.15) is 18.3 Å². The maximum Gasteiger partial charge on any atom is 0.435 e. The Morgan fingerprint density at radius 3 is 2.59 bits per heavy atom. The molecule has 0 spiro atoms. The van der Waals surface area contributed by atoms with E-state index in [9.17, 15) is 18.0 Å². The van der Waals surface area contributed by atoms with Crippen LogP contribution < -0.4 is 11.1 Å². The first-order chi connectivity index (χ1) is 15.3. The first-order valence-corrected chi connectivity index (χ1v) is 9.78. The Morgan fingerprint density at radius 2 is 1.91 bits per heavy atom. The Labute approximate surface area is 179 Å². The Bertz CT molecular complexity index is 1300. The molecule has 1 aliphatic carbocycles. The van der Waals surface area contributed by atoms with Gasteiger partial charge in [-0.15, -0.1) is 0 Å². The molecule has 1 amide bonds. The fourth-order valence-electron chi connectivity index (χ4n) is 3.47. The lowest BCUT2D eigenvalue weighted by molar-refractivity contribution is -0.141. The molecule has 1 aromatic carbocycles. The zero-order chi connectivity index (χ0) is 22.5. The number of nitrogens with one attached hydrogen (secondary N) is 1. The molecule has 1 aliphatic rings. The van der Waals surface area contributed by atoms with E-state index < -0.39 is 11.9 Å². The van der Waals surface area contributed by atoms with Crippen LogP contribution >= 0.6 is 0 Å². The van der Waals surface area contributed by atoms with Crippen LogP contribution in [0.5, 0.6) is 0 Å². The molecule has 3 aromatic heterocycles. The summed E-state index contributed by atoms with van der Waals surface area (Å²) in [5, 5.41) is 6.51. The Morgan fingerprint density at radius 1 is 1.16 bits per heavy atom. The molecular formula is C20H17F3N8O. The fraction of sp³-hybridized carbons (Fsp3) is 0.250. The second-order valence-corrected chi connectivity index (χ2v) is 7.54. The van der Waals surface area contributed by atoms with Crippen LogP contribution in [0.15, 0.2) is 43.0 Å². The number of nitrogen functional groups attached to an aromatic ring is 1. The molecule has 32 heavy (non-hydrogen) atoms. The number of benzene rings is 1. The number of hydrogen-bond acceptors (Lipinski definition) is 6. The minimum atomic E-state index is -4.50. The molecule has 0 radical (unpaired) electrons. The van der Waals surface area contributed by atoms with Crippen LogP contribution in [-0.4, -0.2) is 35.2 Å². The standard InChI is InChI=1S/C20H17F3N8O/c21-20(22,23)15-7-14(11-1-2-11)31(29-15)13-5-3-12(4-6-13)28-16(32)8-30-10-27-17-18(24)25-9-26-19(17)30/h3-7,9-11H,1-2,8H2,(H,28,32)(H2,24,25,26). The van der Waals surface area contributed by atoms with E-state index in [2.05, 4.69) is 25.4 Å². The number of alkyl halides is 3. The summed E-state index contributed by atoms with van der Waals surface area (Å²) in [5.41, 5.74) is 7.22. The van der Waals surface area contributed by atoms with E-state index in [4.69, 9.17) is 5.73 Å². The number of nitrogens with zero attached hydrogens (tertiary/aromatic N) is 6. The van der Waals surface area contributed by atoms with Crippen molar-refractivity contribution in [2.45, 2.75) is 31.5 Å². The number of fused-ring (bicyclic) bond motifs is 1. The fourth-order valence-corrected chi connectivity index (χ4v) is 3.47. The van der Waals surface area contributed by atoms with Crippen molar-refractivity contribution in [1.29, 1.82) is 0 Å². The predicted octanol–water partition coefficient (Wildman–Crippen LogP) is 3.13. The number of amides is 1. The number of rotatable bonds is 5. The second-order valence-electron chi connectivity index (χ2n) is 7.54. The summed E-state index contributed by atoms with van der Waals surface area (Å²) >= 11 is 0. The van der Waals surface area contributed by atoms with E-state index in [1.807, 2.05) is 0 Å². The summed E-state index contributed by atoms with van der Waals surface area (Å²) in [4.78, 5) is 24.5. The zero-order valence-electron chi connectivity index (χ0n) is 16.5. The Balaban J connectivity index is 1.32. The SMILES string of the molecule is Nc1ncnc2c1ncn2CC(=O)Nc1ccc(-n2nc(C(F)(F)F)cc2C2CC2)cc1. The van der Waals surface area contributed by atoms with Gasteiger partial charge in [0.25, 0.3) is 0 Å². The molecule has 4 aromatic rings. The highest BCUT2D eigenvalue weighted by Gasteiger charge is 2.38. The number of halogens is 3.